The van der Waals surface area contributed by atoms with Gasteiger partial charge in [0.2, 0.25) is 11.9 Å². The highest BCUT2D eigenvalue weighted by Gasteiger charge is 2.38. The van der Waals surface area contributed by atoms with Gasteiger partial charge in [0.15, 0.2) is 23.6 Å². The Morgan fingerprint density at radius 2 is 1.03 bits per heavy atom. The number of fused-ring (bicyclic) bond motifs is 2. The summed E-state index contributed by atoms with van der Waals surface area (Å²) in [6.07, 6.45) is 15.7. The first-order valence-corrected chi connectivity index (χ1v) is 35.4. The van der Waals surface area contributed by atoms with Crippen molar-refractivity contribution in [2.75, 3.05) is 50.4 Å². The van der Waals surface area contributed by atoms with Crippen LogP contribution >= 0.6 is 15.6 Å². The van der Waals surface area contributed by atoms with Crippen molar-refractivity contribution in [3.8, 4) is 56.8 Å². The highest BCUT2D eigenvalue weighted by molar-refractivity contribution is 7.89. The number of oxazole rings is 2. The summed E-state index contributed by atoms with van der Waals surface area (Å²) in [5.74, 6) is 2.05. The van der Waals surface area contributed by atoms with Crippen molar-refractivity contribution in [2.45, 2.75) is 101 Å². The number of ether oxygens (including phenoxy) is 2. The molecule has 0 spiro atoms. The van der Waals surface area contributed by atoms with Gasteiger partial charge in [0.05, 0.1) is 22.6 Å². The average molecular weight is 1370 g/mol. The van der Waals surface area contributed by atoms with E-state index in [1.54, 1.807) is 156 Å². The Labute approximate surface area is 540 Å². The number of hydrogen-bond acceptors (Lipinski definition) is 24. The Morgan fingerprint density at radius 3 is 1.44 bits per heavy atom. The van der Waals surface area contributed by atoms with E-state index in [2.05, 4.69) is 40.3 Å². The molecule has 2 fully saturated rings. The van der Waals surface area contributed by atoms with Crippen LogP contribution in [0, 0.1) is 0 Å². The van der Waals surface area contributed by atoms with Crippen LogP contribution in [0.15, 0.2) is 141 Å². The normalized spacial score (nSPS) is 16.5. The molecule has 12 rings (SSSR count). The molecule has 94 heavy (non-hydrogen) atoms. The number of phosphoric acid groups is 2. The standard InChI is InChI=1S/C33H43N8O8PS.C25H27N8O8PS/c1-32(2,3)48-50(42,49-33(4,5)6)47-22-46-25-12-8-10-23(20-25)28-29(41-18-19-45-31(41)37-28)26-13-15-34-30(36-26)35-24-11-9-16-40(21-24)51(43,44)27-14-17-39(7)38-27;1-31-11-8-21(30-31)43(37,38)32-10-3-5-18(15-32)27-24-26-9-7-20(28-24)23-22(29-25-33(23)12-13-39-25)17-4-2-6-19(14-17)40-16-41-42(34,35)36/h8,10,12-15,17-20,24H,9,11,16,21-22H2,1-7H3,(H,34,35,36);2,4,6-9,11-14,18H,3,5,10,15-16H2,1H3,(H,26,27,28)(H2,34,35,36)/t24-;18-/m11/s1. The van der Waals surface area contributed by atoms with Crippen molar-refractivity contribution in [3.63, 3.8) is 0 Å². The van der Waals surface area contributed by atoms with E-state index < -0.39 is 60.5 Å². The molecule has 10 heterocycles. The number of anilines is 2. The number of rotatable bonds is 22. The number of hydrogen-bond donors (Lipinski definition) is 4. The lowest BCUT2D eigenvalue weighted by Gasteiger charge is -2.31. The molecule has 0 bridgehead atoms. The third-order valence-corrected chi connectivity index (χ3v) is 20.1. The number of piperidine rings is 2. The van der Waals surface area contributed by atoms with Crippen molar-refractivity contribution in [3.05, 3.63) is 123 Å². The third kappa shape index (κ3) is 16.3. The number of phosphoric ester groups is 2. The summed E-state index contributed by atoms with van der Waals surface area (Å²) < 4.78 is 130. The lowest BCUT2D eigenvalue weighted by Crippen LogP contribution is -2.45. The van der Waals surface area contributed by atoms with Gasteiger partial charge in [0.25, 0.3) is 20.0 Å². The Balaban J connectivity index is 0.000000194. The van der Waals surface area contributed by atoms with Gasteiger partial charge in [-0.15, -0.1) is 0 Å². The molecule has 8 aromatic heterocycles. The molecule has 32 nitrogen and oxygen atoms in total. The zero-order valence-corrected chi connectivity index (χ0v) is 55.8. The summed E-state index contributed by atoms with van der Waals surface area (Å²) >= 11 is 0. The molecule has 2 saturated heterocycles. The van der Waals surface area contributed by atoms with Gasteiger partial charge >= 0.3 is 27.3 Å². The molecule has 36 heteroatoms. The average Bonchev–Trinajstić information content (AvgIpc) is 1.62. The van der Waals surface area contributed by atoms with E-state index in [-0.39, 0.29) is 35.2 Å². The zero-order valence-electron chi connectivity index (χ0n) is 52.4. The minimum atomic E-state index is -4.68. The fourth-order valence-electron chi connectivity index (χ4n) is 10.4. The summed E-state index contributed by atoms with van der Waals surface area (Å²) in [6.45, 7) is 10.8. The minimum absolute atomic E-state index is 0.00933. The number of aryl methyl sites for hydroxylation is 2. The van der Waals surface area contributed by atoms with Crippen LogP contribution in [-0.4, -0.2) is 157 Å². The van der Waals surface area contributed by atoms with Gasteiger partial charge in [-0.25, -0.2) is 54.9 Å². The summed E-state index contributed by atoms with van der Waals surface area (Å²) in [6, 6.07) is 19.9. The Bertz CT molecular complexity index is 4630. The van der Waals surface area contributed by atoms with E-state index in [1.165, 1.54) is 42.6 Å². The van der Waals surface area contributed by atoms with Gasteiger partial charge < -0.3 is 38.7 Å². The number of nitrogens with one attached hydrogen (secondary N) is 2. The fraction of sp³-hybridized carbons (Fsp3) is 0.379. The van der Waals surface area contributed by atoms with Crippen LogP contribution in [0.3, 0.4) is 0 Å². The van der Waals surface area contributed by atoms with Crippen molar-refractivity contribution in [1.29, 1.82) is 0 Å². The molecule has 10 aromatic rings. The van der Waals surface area contributed by atoms with Crippen molar-refractivity contribution >= 4 is 59.3 Å². The first-order chi connectivity index (χ1) is 44.5. The lowest BCUT2D eigenvalue weighted by molar-refractivity contribution is -0.0189. The first-order valence-electron chi connectivity index (χ1n) is 29.5. The van der Waals surface area contributed by atoms with Crippen LogP contribution in [0.5, 0.6) is 11.5 Å². The van der Waals surface area contributed by atoms with Gasteiger partial charge in [-0.1, -0.05) is 24.3 Å². The summed E-state index contributed by atoms with van der Waals surface area (Å²) in [4.78, 5) is 45.5. The van der Waals surface area contributed by atoms with Crippen molar-refractivity contribution in [2.24, 2.45) is 14.1 Å². The van der Waals surface area contributed by atoms with E-state index in [0.717, 1.165) is 12.8 Å². The molecular weight excluding hydrogens is 1300 g/mol. The molecule has 2 aromatic carbocycles. The molecule has 0 radical (unpaired) electrons. The first kappa shape index (κ1) is 67.2. The number of sulfonamides is 2. The summed E-state index contributed by atoms with van der Waals surface area (Å²) in [5.41, 5.74) is 3.12. The highest BCUT2D eigenvalue weighted by atomic mass is 32.2. The fourth-order valence-corrected chi connectivity index (χ4v) is 15.2. The topological polar surface area (TPSA) is 377 Å². The predicted molar refractivity (Wildman–Crippen MR) is 340 cm³/mol. The monoisotopic (exact) mass is 1370 g/mol. The van der Waals surface area contributed by atoms with E-state index in [4.69, 9.17) is 56.6 Å². The van der Waals surface area contributed by atoms with Gasteiger partial charge in [0.1, 0.15) is 46.8 Å². The van der Waals surface area contributed by atoms with Crippen LogP contribution < -0.4 is 20.1 Å². The van der Waals surface area contributed by atoms with Crippen molar-refractivity contribution < 1.29 is 72.2 Å². The molecule has 0 unspecified atom stereocenters. The molecule has 2 atom stereocenters. The number of imidazole rings is 2. The highest BCUT2D eigenvalue weighted by Crippen LogP contribution is 2.55. The maximum Gasteiger partial charge on any atom is 0.478 e. The molecule has 4 N–H and O–H groups in total. The molecule has 2 aliphatic heterocycles. The quantitative estimate of drug-likeness (QED) is 0.0364. The number of aromatic nitrogens is 12. The maximum atomic E-state index is 13.4. The van der Waals surface area contributed by atoms with Gasteiger partial charge in [-0.2, -0.15) is 28.8 Å². The molecule has 0 saturated carbocycles. The SMILES string of the molecule is Cn1ccc(S(=O)(=O)N2CCC[C@@H](Nc3nccc(-c4c(-c5cccc(OCOP(=O)(O)O)c5)nc5occn45)n3)C2)n1.Cn1ccc(S(=O)(=O)N2CCC[C@@H](Nc3nccc(-c4c(-c5cccc(OCOP(=O)(OC(C)(C)C)OC(C)(C)C)c5)nc5occn45)n3)C2)n1. The lowest BCUT2D eigenvalue weighted by atomic mass is 10.1. The van der Waals surface area contributed by atoms with Gasteiger partial charge in [-0.3, -0.25) is 27.2 Å². The van der Waals surface area contributed by atoms with E-state index in [0.29, 0.717) is 106 Å². The zero-order chi connectivity index (χ0) is 66.8. The smallest absolute Gasteiger partial charge is 0.467 e. The van der Waals surface area contributed by atoms with Crippen molar-refractivity contribution in [1.82, 2.24) is 66.9 Å². The summed E-state index contributed by atoms with van der Waals surface area (Å²) in [7, 11) is -12.8. The van der Waals surface area contributed by atoms with E-state index in [1.807, 2.05) is 6.07 Å². The summed E-state index contributed by atoms with van der Waals surface area (Å²) in [5, 5.41) is 14.8. The predicted octanol–water partition coefficient (Wildman–Crippen LogP) is 8.64. The van der Waals surface area contributed by atoms with Crippen LogP contribution in [0.25, 0.3) is 57.0 Å². The Hall–Kier alpha value is -8.24. The second-order valence-electron chi connectivity index (χ2n) is 23.8. The largest absolute Gasteiger partial charge is 0.478 e. The second kappa shape index (κ2) is 27.2. The van der Waals surface area contributed by atoms with Crippen LogP contribution in [0.4, 0.5) is 11.9 Å². The van der Waals surface area contributed by atoms with Gasteiger partial charge in [-0.05, 0) is 116 Å². The van der Waals surface area contributed by atoms with Crippen LogP contribution in [0.2, 0.25) is 0 Å². The number of benzene rings is 2. The second-order valence-corrected chi connectivity index (χ2v) is 30.3. The maximum absolute atomic E-state index is 13.4. The van der Waals surface area contributed by atoms with E-state index >= 15 is 0 Å². The number of nitrogens with zero attached hydrogens (tertiary/aromatic N) is 14. The third-order valence-electron chi connectivity index (χ3n) is 14.2. The molecule has 500 valence electrons. The Kier molecular flexibility index (Phi) is 19.5. The van der Waals surface area contributed by atoms with E-state index in [9.17, 15) is 26.0 Å². The Morgan fingerprint density at radius 1 is 0.596 bits per heavy atom. The molecule has 2 aliphatic rings. The minimum Gasteiger partial charge on any atom is -0.467 e. The molecule has 0 amide bonds. The van der Waals surface area contributed by atoms with Crippen LogP contribution in [-0.2, 0) is 61.4 Å². The molecular formula is C58H70N16O16P2S2. The van der Waals surface area contributed by atoms with Crippen LogP contribution in [0.1, 0.15) is 67.2 Å². The molecule has 0 aliphatic carbocycles. The van der Waals surface area contributed by atoms with Gasteiger partial charge in [0, 0.05) is 101 Å².